The molecule has 11 heteroatoms. The van der Waals surface area contributed by atoms with E-state index >= 15 is 0 Å². The summed E-state index contributed by atoms with van der Waals surface area (Å²) in [6.07, 6.45) is 2.62. The number of carbonyl (C=O) groups excluding carboxylic acids is 2. The Balaban J connectivity index is 1.08. The van der Waals surface area contributed by atoms with Gasteiger partial charge in [-0.1, -0.05) is 31.0 Å². The highest BCUT2D eigenvalue weighted by molar-refractivity contribution is 6.19. The number of urea groups is 1. The highest BCUT2D eigenvalue weighted by Gasteiger charge is 2.35. The lowest BCUT2D eigenvalue weighted by Gasteiger charge is -2.33. The maximum absolute atomic E-state index is 14.7. The van der Waals surface area contributed by atoms with E-state index in [1.807, 2.05) is 32.0 Å². The zero-order chi connectivity index (χ0) is 28.8. The Hall–Kier alpha value is -3.12. The Morgan fingerprint density at radius 2 is 1.95 bits per heavy atom. The lowest BCUT2D eigenvalue weighted by molar-refractivity contribution is -0.180. The summed E-state index contributed by atoms with van der Waals surface area (Å²) in [4.78, 5) is 24.5. The van der Waals surface area contributed by atoms with Crippen LogP contribution in [0.1, 0.15) is 62.3 Å². The maximum atomic E-state index is 14.7. The van der Waals surface area contributed by atoms with Crippen molar-refractivity contribution in [2.45, 2.75) is 64.0 Å². The van der Waals surface area contributed by atoms with Gasteiger partial charge in [0.15, 0.2) is 0 Å². The summed E-state index contributed by atoms with van der Waals surface area (Å²) in [6.45, 7) is 4.58. The molecule has 218 valence electrons. The molecular weight excluding hydrogens is 524 g/mol. The highest BCUT2D eigenvalue weighted by atomic mass is 19.3. The third-order valence-corrected chi connectivity index (χ3v) is 6.78. The summed E-state index contributed by atoms with van der Waals surface area (Å²) < 4.78 is 46.0. The van der Waals surface area contributed by atoms with E-state index in [2.05, 4.69) is 10.6 Å². The predicted octanol–water partition coefficient (Wildman–Crippen LogP) is 4.38. The summed E-state index contributed by atoms with van der Waals surface area (Å²) >= 11 is 0. The van der Waals surface area contributed by atoms with Crippen LogP contribution in [0, 0.1) is 0 Å². The summed E-state index contributed by atoms with van der Waals surface area (Å²) in [6, 6.07) is 10.2. The SMILES string of the molecule is CC1(C)OCc2cc(C(O)CNCCCCCCOCC(F)(F)c3cccc(N4C(=O)CNC4=O)c3)ccc2O1. The zero-order valence-corrected chi connectivity index (χ0v) is 22.9. The van der Waals surface area contributed by atoms with Crippen LogP contribution in [0.3, 0.4) is 0 Å². The second-order valence-electron chi connectivity index (χ2n) is 10.5. The van der Waals surface area contributed by atoms with Gasteiger partial charge in [0.25, 0.3) is 11.8 Å². The first-order chi connectivity index (χ1) is 19.1. The first-order valence-corrected chi connectivity index (χ1v) is 13.6. The number of anilines is 1. The smallest absolute Gasteiger partial charge is 0.329 e. The van der Waals surface area contributed by atoms with Gasteiger partial charge in [0.1, 0.15) is 12.4 Å². The molecule has 0 aliphatic carbocycles. The number of hydrogen-bond donors (Lipinski definition) is 3. The molecule has 1 fully saturated rings. The van der Waals surface area contributed by atoms with Crippen molar-refractivity contribution in [1.82, 2.24) is 10.6 Å². The molecule has 3 N–H and O–H groups in total. The van der Waals surface area contributed by atoms with Gasteiger partial charge in [0, 0.05) is 38.1 Å². The number of rotatable bonds is 14. The minimum absolute atomic E-state index is 0.106. The minimum atomic E-state index is -3.26. The number of amides is 3. The van der Waals surface area contributed by atoms with Crippen LogP contribution in [0.5, 0.6) is 5.75 Å². The Morgan fingerprint density at radius 3 is 2.73 bits per heavy atom. The molecule has 40 heavy (non-hydrogen) atoms. The molecule has 1 unspecified atom stereocenters. The van der Waals surface area contributed by atoms with Gasteiger partial charge in [0.05, 0.1) is 24.9 Å². The lowest BCUT2D eigenvalue weighted by Crippen LogP contribution is -2.35. The van der Waals surface area contributed by atoms with Crippen LogP contribution in [0.4, 0.5) is 19.3 Å². The number of halogens is 2. The van der Waals surface area contributed by atoms with Crippen molar-refractivity contribution >= 4 is 17.6 Å². The number of imide groups is 1. The maximum Gasteiger partial charge on any atom is 0.329 e. The van der Waals surface area contributed by atoms with E-state index in [1.165, 1.54) is 18.2 Å². The fourth-order valence-electron chi connectivity index (χ4n) is 4.57. The number of unbranched alkanes of at least 4 members (excludes halogenated alkanes) is 3. The third kappa shape index (κ3) is 7.75. The first kappa shape index (κ1) is 29.9. The van der Waals surface area contributed by atoms with Gasteiger partial charge in [-0.25, -0.2) is 9.69 Å². The molecule has 2 aromatic carbocycles. The molecule has 2 heterocycles. The molecule has 0 radical (unpaired) electrons. The fraction of sp³-hybridized carbons (Fsp3) is 0.517. The molecule has 2 aromatic rings. The number of carbonyl (C=O) groups is 2. The standard InChI is InChI=1S/C29H37F2N3O6/c1-28(2)39-18-21-14-20(10-11-25(21)40-28)24(35)16-32-12-5-3-4-6-13-38-19-29(30,31)22-8-7-9-23(15-22)34-26(36)17-33-27(34)37/h7-11,14-15,24,32,35H,3-6,12-13,16-19H2,1-2H3,(H,33,37). The van der Waals surface area contributed by atoms with Gasteiger partial charge in [-0.05, 0) is 49.2 Å². The largest absolute Gasteiger partial charge is 0.463 e. The van der Waals surface area contributed by atoms with Crippen molar-refractivity contribution < 1.29 is 37.7 Å². The molecule has 2 aliphatic heterocycles. The van der Waals surface area contributed by atoms with Gasteiger partial charge in [-0.15, -0.1) is 0 Å². The Labute approximate surface area is 232 Å². The molecule has 2 aliphatic rings. The number of hydrogen-bond acceptors (Lipinski definition) is 7. The molecule has 4 rings (SSSR count). The van der Waals surface area contributed by atoms with Crippen molar-refractivity contribution in [1.29, 1.82) is 0 Å². The summed E-state index contributed by atoms with van der Waals surface area (Å²) in [5.74, 6) is -3.63. The molecule has 0 aromatic heterocycles. The molecule has 0 saturated carbocycles. The molecule has 0 spiro atoms. The number of aliphatic hydroxyl groups excluding tert-OH is 1. The van der Waals surface area contributed by atoms with Crippen LogP contribution < -0.4 is 20.3 Å². The van der Waals surface area contributed by atoms with Gasteiger partial charge in [-0.3, -0.25) is 4.79 Å². The highest BCUT2D eigenvalue weighted by Crippen LogP contribution is 2.33. The number of fused-ring (bicyclic) bond motifs is 1. The fourth-order valence-corrected chi connectivity index (χ4v) is 4.57. The van der Waals surface area contributed by atoms with Crippen LogP contribution in [0.25, 0.3) is 0 Å². The Morgan fingerprint density at radius 1 is 1.15 bits per heavy atom. The predicted molar refractivity (Wildman–Crippen MR) is 144 cm³/mol. The second kappa shape index (κ2) is 13.0. The van der Waals surface area contributed by atoms with Gasteiger partial charge < -0.3 is 30.0 Å². The molecule has 9 nitrogen and oxygen atoms in total. The van der Waals surface area contributed by atoms with Crippen molar-refractivity contribution in [3.05, 3.63) is 59.2 Å². The second-order valence-corrected chi connectivity index (χ2v) is 10.5. The van der Waals surface area contributed by atoms with E-state index < -0.39 is 36.4 Å². The Bertz CT molecular complexity index is 1180. The quantitative estimate of drug-likeness (QED) is 0.232. The van der Waals surface area contributed by atoms with Crippen molar-refractivity contribution in [3.8, 4) is 5.75 Å². The van der Waals surface area contributed by atoms with E-state index in [0.717, 1.165) is 53.6 Å². The van der Waals surface area contributed by atoms with Gasteiger partial charge >= 0.3 is 6.03 Å². The van der Waals surface area contributed by atoms with E-state index in [0.29, 0.717) is 19.6 Å². The molecule has 1 atom stereocenters. The third-order valence-electron chi connectivity index (χ3n) is 6.78. The average Bonchev–Trinajstić information content (AvgIpc) is 3.26. The average molecular weight is 562 g/mol. The minimum Gasteiger partial charge on any atom is -0.463 e. The summed E-state index contributed by atoms with van der Waals surface area (Å²) in [7, 11) is 0. The Kier molecular flexibility index (Phi) is 9.72. The molecular formula is C29H37F2N3O6. The number of benzene rings is 2. The number of nitrogens with zero attached hydrogens (tertiary/aromatic N) is 1. The number of nitrogens with one attached hydrogen (secondary N) is 2. The normalized spacial score (nSPS) is 17.4. The van der Waals surface area contributed by atoms with E-state index in [9.17, 15) is 23.5 Å². The van der Waals surface area contributed by atoms with Crippen LogP contribution in [0.15, 0.2) is 42.5 Å². The number of ether oxygens (including phenoxy) is 3. The molecule has 1 saturated heterocycles. The van der Waals surface area contributed by atoms with E-state index in [-0.39, 0.29) is 24.4 Å². The topological polar surface area (TPSA) is 109 Å². The monoisotopic (exact) mass is 561 g/mol. The van der Waals surface area contributed by atoms with E-state index in [4.69, 9.17) is 14.2 Å². The number of alkyl halides is 2. The summed E-state index contributed by atoms with van der Waals surface area (Å²) in [5, 5.41) is 16.1. The van der Waals surface area contributed by atoms with E-state index in [1.54, 1.807) is 0 Å². The van der Waals surface area contributed by atoms with Gasteiger partial charge in [-0.2, -0.15) is 8.78 Å². The van der Waals surface area contributed by atoms with Crippen LogP contribution >= 0.6 is 0 Å². The summed E-state index contributed by atoms with van der Waals surface area (Å²) in [5.41, 5.74) is 1.51. The molecule has 3 amide bonds. The van der Waals surface area contributed by atoms with Crippen LogP contribution in [0.2, 0.25) is 0 Å². The van der Waals surface area contributed by atoms with Crippen molar-refractivity contribution in [2.24, 2.45) is 0 Å². The number of aliphatic hydroxyl groups is 1. The van der Waals surface area contributed by atoms with Gasteiger partial charge in [0.2, 0.25) is 5.79 Å². The van der Waals surface area contributed by atoms with Crippen LogP contribution in [-0.2, 0) is 26.8 Å². The van der Waals surface area contributed by atoms with Crippen LogP contribution in [-0.4, -0.2) is 55.7 Å². The zero-order valence-electron chi connectivity index (χ0n) is 22.9. The molecule has 0 bridgehead atoms. The van der Waals surface area contributed by atoms with Crippen molar-refractivity contribution in [3.63, 3.8) is 0 Å². The first-order valence-electron chi connectivity index (χ1n) is 13.6. The lowest BCUT2D eigenvalue weighted by atomic mass is 10.0. The van der Waals surface area contributed by atoms with Crippen molar-refractivity contribution in [2.75, 3.05) is 37.7 Å².